The van der Waals surface area contributed by atoms with Crippen LogP contribution in [0.25, 0.3) is 72.7 Å². The van der Waals surface area contributed by atoms with Gasteiger partial charge in [0.15, 0.2) is 0 Å². The zero-order valence-electron chi connectivity index (χ0n) is 47.9. The second-order valence-corrected chi connectivity index (χ2v) is 19.2. The summed E-state index contributed by atoms with van der Waals surface area (Å²) in [4.78, 5) is 10.0. The molecule has 0 fully saturated rings. The number of nitrogens with zero attached hydrogens (tertiary/aromatic N) is 3. The molecule has 0 radical (unpaired) electrons. The van der Waals surface area contributed by atoms with Crippen LogP contribution in [-0.4, -0.2) is 14.5 Å². The van der Waals surface area contributed by atoms with Crippen molar-refractivity contribution in [3.8, 4) is 67.5 Å². The van der Waals surface area contributed by atoms with E-state index in [9.17, 15) is 1.37 Å². The fraction of sp³-hybridized carbons (Fsp3) is 0.259. The van der Waals surface area contributed by atoms with Gasteiger partial charge in [0.2, 0.25) is 0 Å². The van der Waals surface area contributed by atoms with Crippen molar-refractivity contribution in [3.63, 3.8) is 0 Å². The van der Waals surface area contributed by atoms with E-state index >= 15 is 0 Å². The molecular weight excluding hydrogens is 950 g/mol. The molecule has 6 aromatic carbocycles. The fourth-order valence-corrected chi connectivity index (χ4v) is 7.91. The predicted octanol–water partition coefficient (Wildman–Crippen LogP) is 15.5. The van der Waals surface area contributed by atoms with Gasteiger partial charge >= 0.3 is 21.1 Å². The number of aromatic nitrogens is 3. The first kappa shape index (κ1) is 33.9. The Morgan fingerprint density at radius 1 is 0.651 bits per heavy atom. The van der Waals surface area contributed by atoms with Crippen LogP contribution in [0.3, 0.4) is 0 Å². The third kappa shape index (κ3) is 9.11. The zero-order valence-corrected chi connectivity index (χ0v) is 40.1. The molecule has 63 heavy (non-hydrogen) atoms. The largest absolute Gasteiger partial charge is 2.00 e. The standard InChI is InChI=1S/C58H59N3O.Pt/c1-36-17-19-39(20-18-36)41-27-28-59-50(34-41)43-31-42(32-46(33-43)58(10,11)12)48-15-14-16-51-53(48)60-55(49-30-37(2)29-38(3)54(49)62-13)61(51)52-35-45(57(7,8)9)25-26-47(52)40-21-23-44(24-22-40)56(4,5)6;/h14-30,32-35H,13H2,1-12H3;/q-2;+2/i1D3,17D,18D,19D,20D,27D,28D,34D;. The molecule has 0 unspecified atom stereocenters. The van der Waals surface area contributed by atoms with Gasteiger partial charge in [-0.25, -0.2) is 4.98 Å². The molecule has 0 aliphatic heterocycles. The number of rotatable bonds is 7. The van der Waals surface area contributed by atoms with Gasteiger partial charge in [0.1, 0.15) is 5.82 Å². The first-order valence-corrected chi connectivity index (χ1v) is 20.9. The molecule has 0 amide bonds. The molecule has 322 valence electrons. The molecule has 0 N–H and O–H groups in total. The molecule has 2 heterocycles. The number of ether oxygens (including phenoxy) is 1. The summed E-state index contributed by atoms with van der Waals surface area (Å²) in [5, 5.41) is 0. The summed E-state index contributed by atoms with van der Waals surface area (Å²) < 4.78 is 94.3. The number of imidazole rings is 1. The summed E-state index contributed by atoms with van der Waals surface area (Å²) >= 11 is 0. The normalized spacial score (nSPS) is 14.5. The van der Waals surface area contributed by atoms with Crippen LogP contribution in [0, 0.1) is 33.9 Å². The number of hydrogen-bond acceptors (Lipinski definition) is 3. The van der Waals surface area contributed by atoms with Crippen LogP contribution in [0.1, 0.15) is 109 Å². The van der Waals surface area contributed by atoms with E-state index in [2.05, 4.69) is 119 Å². The Balaban J connectivity index is 0.00000780. The Kier molecular flexibility index (Phi) is 9.25. The smallest absolute Gasteiger partial charge is 0.665 e. The van der Waals surface area contributed by atoms with Crippen LogP contribution in [0.15, 0.2) is 127 Å². The Bertz CT molecular complexity index is 3460. The van der Waals surface area contributed by atoms with Crippen LogP contribution >= 0.6 is 0 Å². The number of fused-ring (bicyclic) bond motifs is 1. The van der Waals surface area contributed by atoms with Gasteiger partial charge in [-0.1, -0.05) is 164 Å². The Morgan fingerprint density at radius 3 is 1.97 bits per heavy atom. The Labute approximate surface area is 404 Å². The van der Waals surface area contributed by atoms with Gasteiger partial charge in [0.25, 0.3) is 0 Å². The van der Waals surface area contributed by atoms with Crippen LogP contribution in [-0.2, 0) is 37.3 Å². The molecule has 0 aliphatic rings. The third-order valence-corrected chi connectivity index (χ3v) is 11.4. The first-order valence-electron chi connectivity index (χ1n) is 25.9. The van der Waals surface area contributed by atoms with Crippen molar-refractivity contribution < 1.29 is 39.5 Å². The van der Waals surface area contributed by atoms with Crippen LogP contribution < -0.4 is 4.74 Å². The maximum absolute atomic E-state index is 9.57. The van der Waals surface area contributed by atoms with E-state index in [1.807, 2.05) is 65.0 Å². The minimum Gasteiger partial charge on any atom is -0.665 e. The molecule has 0 aliphatic carbocycles. The van der Waals surface area contributed by atoms with Crippen molar-refractivity contribution in [2.45, 2.75) is 99.3 Å². The van der Waals surface area contributed by atoms with Crippen molar-refractivity contribution in [2.24, 2.45) is 0 Å². The van der Waals surface area contributed by atoms with E-state index in [0.29, 0.717) is 28.2 Å². The maximum Gasteiger partial charge on any atom is 2.00 e. The Hall–Kier alpha value is -5.57. The SMILES string of the molecule is [2H]c1nc(-c2[c-]c(-c3cccc4c3nc(-c3cc(C)cc(C)c3O[CH2-])n4-c3cc(C(C)(C)C)ccc3-c3ccc(C(C)(C)C)cc3)cc(C(C)(C)C)c2)c([2H])c(-c2c([2H])c([2H])c(C([2H])([2H])[2H])c([2H])c2[2H])c1[2H].[Pt+2]. The second-order valence-electron chi connectivity index (χ2n) is 19.2. The van der Waals surface area contributed by atoms with E-state index in [-0.39, 0.29) is 48.7 Å². The quantitative estimate of drug-likeness (QED) is 0.149. The molecule has 8 rings (SSSR count). The van der Waals surface area contributed by atoms with Gasteiger partial charge in [0, 0.05) is 21.5 Å². The summed E-state index contributed by atoms with van der Waals surface area (Å²) in [7, 11) is 3.89. The summed E-state index contributed by atoms with van der Waals surface area (Å²) in [5.74, 6) is 1.19. The van der Waals surface area contributed by atoms with Gasteiger partial charge in [-0.15, -0.1) is 29.3 Å². The van der Waals surface area contributed by atoms with E-state index in [0.717, 1.165) is 50.1 Å². The number of aryl methyl sites for hydroxylation is 2. The maximum atomic E-state index is 9.57. The van der Waals surface area contributed by atoms with Gasteiger partial charge < -0.3 is 4.74 Å². The monoisotopic (exact) mass is 1020 g/mol. The molecule has 0 spiro atoms. The molecule has 5 heteroatoms. The molecule has 0 atom stereocenters. The van der Waals surface area contributed by atoms with Crippen LogP contribution in [0.4, 0.5) is 0 Å². The van der Waals surface area contributed by atoms with E-state index in [1.165, 1.54) is 5.56 Å². The number of para-hydroxylation sites is 1. The van der Waals surface area contributed by atoms with Gasteiger partial charge in [-0.05, 0) is 100 Å². The second kappa shape index (κ2) is 17.2. The van der Waals surface area contributed by atoms with Crippen LogP contribution in [0.2, 0.25) is 0 Å². The minimum atomic E-state index is -2.96. The average Bonchev–Trinajstić information content (AvgIpc) is 3.68. The minimum absolute atomic E-state index is 0. The fourth-order valence-electron chi connectivity index (χ4n) is 7.91. The molecular formula is C58H59N3OPt. The molecule has 8 aromatic rings. The Morgan fingerprint density at radius 2 is 1.32 bits per heavy atom. The van der Waals surface area contributed by atoms with Gasteiger partial charge in [0.05, 0.1) is 37.6 Å². The summed E-state index contributed by atoms with van der Waals surface area (Å²) in [5.41, 5.74) is 9.25. The first-order chi connectivity index (χ1) is 33.4. The van der Waals surface area contributed by atoms with Gasteiger partial charge in [-0.3, -0.25) is 9.55 Å². The number of pyridine rings is 1. The molecule has 4 nitrogen and oxygen atoms in total. The number of benzene rings is 6. The van der Waals surface area contributed by atoms with E-state index in [1.54, 1.807) is 0 Å². The summed E-state index contributed by atoms with van der Waals surface area (Å²) in [6.45, 7) is 20.4. The average molecular weight is 1020 g/mol. The molecule has 0 saturated carbocycles. The molecule has 0 saturated heterocycles. The van der Waals surface area contributed by atoms with Crippen molar-refractivity contribution in [1.29, 1.82) is 0 Å². The zero-order chi connectivity index (χ0) is 52.9. The van der Waals surface area contributed by atoms with Crippen molar-refractivity contribution in [1.82, 2.24) is 14.5 Å². The third-order valence-electron chi connectivity index (χ3n) is 11.4. The van der Waals surface area contributed by atoms with Crippen molar-refractivity contribution >= 4 is 11.0 Å². The summed E-state index contributed by atoms with van der Waals surface area (Å²) in [6, 6.07) is 28.6. The van der Waals surface area contributed by atoms with E-state index < -0.39 is 65.8 Å². The topological polar surface area (TPSA) is 39.9 Å². The molecule has 2 aromatic heterocycles. The van der Waals surface area contributed by atoms with Crippen LogP contribution in [0.5, 0.6) is 5.75 Å². The summed E-state index contributed by atoms with van der Waals surface area (Å²) in [6.07, 6.45) is -0.576. The molecule has 0 bridgehead atoms. The predicted molar refractivity (Wildman–Crippen MR) is 261 cm³/mol. The van der Waals surface area contributed by atoms with E-state index in [4.69, 9.17) is 22.1 Å². The van der Waals surface area contributed by atoms with Crippen molar-refractivity contribution in [2.75, 3.05) is 0 Å². The van der Waals surface area contributed by atoms with Gasteiger partial charge in [-0.2, -0.15) is 7.11 Å². The van der Waals surface area contributed by atoms with Crippen molar-refractivity contribution in [3.05, 3.63) is 174 Å². The number of hydrogen-bond donors (Lipinski definition) is 0.